The van der Waals surface area contributed by atoms with Gasteiger partial charge in [-0.25, -0.2) is 4.79 Å². The van der Waals surface area contributed by atoms with Gasteiger partial charge in [-0.3, -0.25) is 4.79 Å². The Hall–Kier alpha value is -2.32. The number of nitrogens with one attached hydrogen (secondary N) is 1. The third-order valence-electron chi connectivity index (χ3n) is 5.58. The molecule has 0 saturated heterocycles. The number of aromatic hydroxyl groups is 1. The highest BCUT2D eigenvalue weighted by molar-refractivity contribution is 9.10. The zero-order valence-electron chi connectivity index (χ0n) is 18.4. The Kier molecular flexibility index (Phi) is 6.81. The van der Waals surface area contributed by atoms with Crippen LogP contribution in [0.25, 0.3) is 0 Å². The lowest BCUT2D eigenvalue weighted by molar-refractivity contribution is -0.140. The van der Waals surface area contributed by atoms with Gasteiger partial charge in [0.15, 0.2) is 17.3 Å². The predicted octanol–water partition coefficient (Wildman–Crippen LogP) is 3.96. The molecule has 0 bridgehead atoms. The molecule has 0 fully saturated rings. The second-order valence-electron chi connectivity index (χ2n) is 8.61. The molecule has 1 atom stereocenters. The lowest BCUT2D eigenvalue weighted by atomic mass is 9.68. The quantitative estimate of drug-likeness (QED) is 0.457. The number of hydrogen-bond donors (Lipinski definition) is 2. The van der Waals surface area contributed by atoms with E-state index in [-0.39, 0.29) is 35.9 Å². The molecule has 0 amide bonds. The molecule has 0 saturated carbocycles. The summed E-state index contributed by atoms with van der Waals surface area (Å²) in [6, 6.07) is 3.37. The summed E-state index contributed by atoms with van der Waals surface area (Å²) in [6.07, 6.45) is 1.07. The minimum Gasteiger partial charge on any atom is -0.503 e. The van der Waals surface area contributed by atoms with Gasteiger partial charge in [0.2, 0.25) is 0 Å². The van der Waals surface area contributed by atoms with E-state index < -0.39 is 11.9 Å². The van der Waals surface area contributed by atoms with Gasteiger partial charge in [0.05, 0.1) is 23.8 Å². The fourth-order valence-corrected chi connectivity index (χ4v) is 4.71. The number of carbonyl (C=O) groups excluding carboxylic acids is 2. The molecule has 2 aliphatic rings. The van der Waals surface area contributed by atoms with Crippen molar-refractivity contribution in [2.75, 3.05) is 27.4 Å². The van der Waals surface area contributed by atoms with Crippen LogP contribution in [0.2, 0.25) is 0 Å². The van der Waals surface area contributed by atoms with Crippen molar-refractivity contribution in [1.29, 1.82) is 0 Å². The first kappa shape index (κ1) is 23.3. The molecule has 1 aliphatic carbocycles. The van der Waals surface area contributed by atoms with Crippen LogP contribution in [0.15, 0.2) is 39.1 Å². The topological polar surface area (TPSA) is 94.1 Å². The second-order valence-corrected chi connectivity index (χ2v) is 9.47. The van der Waals surface area contributed by atoms with Crippen molar-refractivity contribution in [2.45, 2.75) is 39.5 Å². The Balaban J connectivity index is 2.17. The van der Waals surface area contributed by atoms with Gasteiger partial charge in [-0.1, -0.05) is 13.8 Å². The number of halogens is 1. The fourth-order valence-electron chi connectivity index (χ4n) is 4.25. The highest BCUT2D eigenvalue weighted by atomic mass is 79.9. The number of carbonyl (C=O) groups is 2. The Labute approximate surface area is 190 Å². The lowest BCUT2D eigenvalue weighted by Gasteiger charge is -2.39. The van der Waals surface area contributed by atoms with Crippen LogP contribution in [-0.2, 0) is 19.1 Å². The Bertz CT molecular complexity index is 979. The third kappa shape index (κ3) is 4.65. The van der Waals surface area contributed by atoms with Crippen molar-refractivity contribution >= 4 is 27.7 Å². The average Bonchev–Trinajstić information content (AvgIpc) is 2.68. The minimum absolute atomic E-state index is 0.0124. The number of ketones is 1. The molecule has 168 valence electrons. The van der Waals surface area contributed by atoms with E-state index >= 15 is 0 Å². The van der Waals surface area contributed by atoms with Gasteiger partial charge in [-0.15, -0.1) is 0 Å². The van der Waals surface area contributed by atoms with Crippen molar-refractivity contribution in [3.05, 3.63) is 44.7 Å². The zero-order valence-corrected chi connectivity index (χ0v) is 20.0. The molecule has 0 spiro atoms. The molecule has 1 heterocycles. The van der Waals surface area contributed by atoms with E-state index in [9.17, 15) is 14.7 Å². The van der Waals surface area contributed by atoms with Crippen LogP contribution in [0.3, 0.4) is 0 Å². The van der Waals surface area contributed by atoms with Crippen molar-refractivity contribution in [1.82, 2.24) is 5.32 Å². The van der Waals surface area contributed by atoms with E-state index in [0.717, 1.165) is 5.70 Å². The van der Waals surface area contributed by atoms with Crippen LogP contribution in [-0.4, -0.2) is 44.3 Å². The number of benzene rings is 1. The van der Waals surface area contributed by atoms with Crippen molar-refractivity contribution in [3.63, 3.8) is 0 Å². The summed E-state index contributed by atoms with van der Waals surface area (Å²) in [5.74, 6) is -0.962. The molecule has 7 nitrogen and oxygen atoms in total. The summed E-state index contributed by atoms with van der Waals surface area (Å²) in [7, 11) is 2.98. The molecule has 1 aliphatic heterocycles. The van der Waals surface area contributed by atoms with E-state index in [1.54, 1.807) is 12.1 Å². The number of allylic oxidation sites excluding steroid dienone is 3. The molecule has 31 heavy (non-hydrogen) atoms. The van der Waals surface area contributed by atoms with Crippen LogP contribution in [0, 0.1) is 5.41 Å². The minimum atomic E-state index is -0.638. The van der Waals surface area contributed by atoms with Crippen LogP contribution in [0.4, 0.5) is 0 Å². The number of ether oxygens (including phenoxy) is 3. The molecule has 1 aromatic carbocycles. The number of Topliss-reactive ketones (excluding diaryl/α,β-unsaturated/α-hetero) is 1. The summed E-state index contributed by atoms with van der Waals surface area (Å²) in [5, 5.41) is 13.6. The monoisotopic (exact) mass is 493 g/mol. The van der Waals surface area contributed by atoms with Gasteiger partial charge in [-0.2, -0.15) is 0 Å². The SMILES string of the molecule is COCCOC(=O)C1=C(C)NC2=C(C(=O)CC(C)(C)C2)[C@@H]1c1cc(Br)c(O)c(OC)c1. The number of hydrogen-bond acceptors (Lipinski definition) is 7. The summed E-state index contributed by atoms with van der Waals surface area (Å²) >= 11 is 3.35. The van der Waals surface area contributed by atoms with Crippen LogP contribution in [0.1, 0.15) is 45.1 Å². The van der Waals surface area contributed by atoms with Crippen LogP contribution in [0.5, 0.6) is 11.5 Å². The standard InChI is InChI=1S/C23H28BrNO6/c1-12-18(22(28)31-7-6-29-4)19(13-8-14(24)21(27)17(9-13)30-5)20-15(25-12)10-23(2,3)11-16(20)26/h8-9,19,25,27H,6-7,10-11H2,1-5H3/t19-/m1/s1. The van der Waals surface area contributed by atoms with Gasteiger partial charge in [0.1, 0.15) is 6.61 Å². The first-order valence-electron chi connectivity index (χ1n) is 10.1. The molecular weight excluding hydrogens is 466 g/mol. The van der Waals surface area contributed by atoms with E-state index in [2.05, 4.69) is 35.1 Å². The second kappa shape index (κ2) is 9.04. The molecule has 1 aromatic rings. The molecule has 3 rings (SSSR count). The maximum Gasteiger partial charge on any atom is 0.336 e. The number of rotatable bonds is 6. The Morgan fingerprint density at radius 3 is 2.61 bits per heavy atom. The average molecular weight is 494 g/mol. The van der Waals surface area contributed by atoms with E-state index in [1.165, 1.54) is 14.2 Å². The van der Waals surface area contributed by atoms with E-state index in [4.69, 9.17) is 14.2 Å². The van der Waals surface area contributed by atoms with Crippen molar-refractivity contribution < 1.29 is 28.9 Å². The molecule has 0 aromatic heterocycles. The molecule has 0 unspecified atom stereocenters. The lowest BCUT2D eigenvalue weighted by Crippen LogP contribution is -2.38. The highest BCUT2D eigenvalue weighted by Crippen LogP contribution is 2.48. The predicted molar refractivity (Wildman–Crippen MR) is 119 cm³/mol. The smallest absolute Gasteiger partial charge is 0.336 e. The van der Waals surface area contributed by atoms with Gasteiger partial charge in [-0.05, 0) is 52.4 Å². The molecule has 8 heteroatoms. The Morgan fingerprint density at radius 1 is 1.26 bits per heavy atom. The Morgan fingerprint density at radius 2 is 1.97 bits per heavy atom. The van der Waals surface area contributed by atoms with E-state index in [0.29, 0.717) is 39.7 Å². The number of phenols is 1. The van der Waals surface area contributed by atoms with Crippen molar-refractivity contribution in [3.8, 4) is 11.5 Å². The largest absolute Gasteiger partial charge is 0.503 e. The highest BCUT2D eigenvalue weighted by Gasteiger charge is 2.43. The molecular formula is C23H28BrNO6. The first-order chi connectivity index (χ1) is 14.6. The summed E-state index contributed by atoms with van der Waals surface area (Å²) in [5.41, 5.74) is 2.85. The van der Waals surface area contributed by atoms with Crippen LogP contribution < -0.4 is 10.1 Å². The summed E-state index contributed by atoms with van der Waals surface area (Å²) in [4.78, 5) is 26.4. The van der Waals surface area contributed by atoms with Gasteiger partial charge >= 0.3 is 5.97 Å². The first-order valence-corrected chi connectivity index (χ1v) is 10.9. The number of methoxy groups -OCH3 is 2. The van der Waals surface area contributed by atoms with Crippen LogP contribution >= 0.6 is 15.9 Å². The molecule has 2 N–H and O–H groups in total. The zero-order chi connectivity index (χ0) is 22.9. The number of dihydropyridines is 1. The normalized spacial score (nSPS) is 20.3. The molecule has 0 radical (unpaired) electrons. The third-order valence-corrected chi connectivity index (χ3v) is 6.19. The number of esters is 1. The maximum atomic E-state index is 13.3. The van der Waals surface area contributed by atoms with Gasteiger partial charge in [0.25, 0.3) is 0 Å². The summed E-state index contributed by atoms with van der Waals surface area (Å²) < 4.78 is 16.1. The maximum absolute atomic E-state index is 13.3. The van der Waals surface area contributed by atoms with Gasteiger partial charge < -0.3 is 24.6 Å². The van der Waals surface area contributed by atoms with Gasteiger partial charge in [0, 0.05) is 36.4 Å². The van der Waals surface area contributed by atoms with Crippen molar-refractivity contribution in [2.24, 2.45) is 5.41 Å². The summed E-state index contributed by atoms with van der Waals surface area (Å²) in [6.45, 7) is 6.30. The number of phenolic OH excluding ortho intramolecular Hbond substituents is 1. The fraction of sp³-hybridized carbons (Fsp3) is 0.478. The van der Waals surface area contributed by atoms with E-state index in [1.807, 2.05) is 6.92 Å².